The lowest BCUT2D eigenvalue weighted by Gasteiger charge is -2.04. The first-order valence-corrected chi connectivity index (χ1v) is 6.02. The minimum atomic E-state index is -0.534. The zero-order chi connectivity index (χ0) is 14.3. The Hall–Kier alpha value is -2.88. The minimum absolute atomic E-state index is 0.0730. The SMILES string of the molecule is CC1Cn2c(nc([N+](=O)[O-])c2-c2cccc(C#N)c2)O1. The molecule has 0 spiro atoms. The molecule has 0 N–H and O–H groups in total. The van der Waals surface area contributed by atoms with Crippen LogP contribution in [0.5, 0.6) is 6.01 Å². The van der Waals surface area contributed by atoms with Crippen molar-refractivity contribution >= 4 is 5.82 Å². The third-order valence-corrected chi connectivity index (χ3v) is 3.10. The van der Waals surface area contributed by atoms with Crippen molar-refractivity contribution in [3.63, 3.8) is 0 Å². The molecule has 1 atom stereocenters. The van der Waals surface area contributed by atoms with Crippen LogP contribution in [-0.2, 0) is 6.54 Å². The molecule has 1 aromatic heterocycles. The molecule has 3 rings (SSSR count). The molecular formula is C13H10N4O3. The highest BCUT2D eigenvalue weighted by atomic mass is 16.6. The summed E-state index contributed by atoms with van der Waals surface area (Å²) in [5, 5.41) is 20.1. The molecule has 0 saturated carbocycles. The van der Waals surface area contributed by atoms with Gasteiger partial charge in [0.2, 0.25) is 0 Å². The second-order valence-electron chi connectivity index (χ2n) is 4.56. The molecule has 0 bridgehead atoms. The van der Waals surface area contributed by atoms with E-state index in [1.807, 2.05) is 13.0 Å². The van der Waals surface area contributed by atoms with Crippen molar-refractivity contribution in [1.29, 1.82) is 5.26 Å². The molecule has 1 aliphatic heterocycles. The average Bonchev–Trinajstić information content (AvgIpc) is 2.94. The van der Waals surface area contributed by atoms with Crippen LogP contribution in [0.4, 0.5) is 5.82 Å². The molecule has 0 amide bonds. The highest BCUT2D eigenvalue weighted by Crippen LogP contribution is 2.37. The van der Waals surface area contributed by atoms with Gasteiger partial charge in [-0.3, -0.25) is 4.57 Å². The van der Waals surface area contributed by atoms with Gasteiger partial charge in [0.1, 0.15) is 6.10 Å². The van der Waals surface area contributed by atoms with E-state index in [1.54, 1.807) is 28.8 Å². The summed E-state index contributed by atoms with van der Waals surface area (Å²) in [5.41, 5.74) is 1.41. The molecule has 20 heavy (non-hydrogen) atoms. The number of fused-ring (bicyclic) bond motifs is 1. The van der Waals surface area contributed by atoms with Crippen molar-refractivity contribution in [3.05, 3.63) is 39.9 Å². The third kappa shape index (κ3) is 1.78. The number of nitro groups is 1. The number of ether oxygens (including phenoxy) is 1. The van der Waals surface area contributed by atoms with Gasteiger partial charge in [0.05, 0.1) is 18.2 Å². The maximum absolute atomic E-state index is 11.1. The number of nitriles is 1. The highest BCUT2D eigenvalue weighted by molar-refractivity contribution is 5.70. The second kappa shape index (κ2) is 4.35. The van der Waals surface area contributed by atoms with Crippen LogP contribution >= 0.6 is 0 Å². The zero-order valence-electron chi connectivity index (χ0n) is 10.6. The monoisotopic (exact) mass is 270 g/mol. The van der Waals surface area contributed by atoms with Crippen LogP contribution in [0.2, 0.25) is 0 Å². The van der Waals surface area contributed by atoms with Gasteiger partial charge in [-0.1, -0.05) is 12.1 Å². The summed E-state index contributed by atoms with van der Waals surface area (Å²) in [6.07, 6.45) is -0.0730. The van der Waals surface area contributed by atoms with Gasteiger partial charge in [0, 0.05) is 10.5 Å². The zero-order valence-corrected chi connectivity index (χ0v) is 10.6. The number of aromatic nitrogens is 2. The molecule has 2 heterocycles. The van der Waals surface area contributed by atoms with Gasteiger partial charge in [-0.2, -0.15) is 5.26 Å². The number of rotatable bonds is 2. The van der Waals surface area contributed by atoms with E-state index in [0.717, 1.165) is 0 Å². The summed E-state index contributed by atoms with van der Waals surface area (Å²) in [6.45, 7) is 2.37. The molecule has 1 unspecified atom stereocenters. The number of hydrogen-bond donors (Lipinski definition) is 0. The second-order valence-corrected chi connectivity index (χ2v) is 4.56. The van der Waals surface area contributed by atoms with E-state index in [4.69, 9.17) is 10.00 Å². The fourth-order valence-electron chi connectivity index (χ4n) is 2.30. The molecule has 100 valence electrons. The minimum Gasteiger partial charge on any atom is -0.441 e. The Kier molecular flexibility index (Phi) is 2.64. The van der Waals surface area contributed by atoms with E-state index in [-0.39, 0.29) is 17.9 Å². The topological polar surface area (TPSA) is 94.0 Å². The maximum atomic E-state index is 11.1. The van der Waals surface area contributed by atoms with E-state index in [1.165, 1.54) is 0 Å². The molecule has 1 aromatic carbocycles. The molecule has 0 radical (unpaired) electrons. The van der Waals surface area contributed by atoms with Crippen molar-refractivity contribution in [2.45, 2.75) is 19.6 Å². The number of benzene rings is 1. The number of nitrogens with zero attached hydrogens (tertiary/aromatic N) is 4. The van der Waals surface area contributed by atoms with Gasteiger partial charge in [-0.05, 0) is 24.0 Å². The number of hydrogen-bond acceptors (Lipinski definition) is 5. The molecule has 2 aromatic rings. The van der Waals surface area contributed by atoms with E-state index in [2.05, 4.69) is 4.98 Å². The molecule has 0 aliphatic carbocycles. The summed E-state index contributed by atoms with van der Waals surface area (Å²) >= 11 is 0. The summed E-state index contributed by atoms with van der Waals surface area (Å²) in [6, 6.07) is 8.95. The van der Waals surface area contributed by atoms with Gasteiger partial charge < -0.3 is 14.9 Å². The summed E-state index contributed by atoms with van der Waals surface area (Å²) in [4.78, 5) is 14.5. The van der Waals surface area contributed by atoms with E-state index < -0.39 is 4.92 Å². The first-order valence-electron chi connectivity index (χ1n) is 6.02. The first kappa shape index (κ1) is 12.2. The van der Waals surface area contributed by atoms with Crippen LogP contribution < -0.4 is 4.74 Å². The van der Waals surface area contributed by atoms with Gasteiger partial charge in [0.15, 0.2) is 5.69 Å². The van der Waals surface area contributed by atoms with Crippen molar-refractivity contribution in [1.82, 2.24) is 9.55 Å². The van der Waals surface area contributed by atoms with Crippen LogP contribution in [0.15, 0.2) is 24.3 Å². The molecule has 1 aliphatic rings. The van der Waals surface area contributed by atoms with Crippen molar-refractivity contribution in [2.75, 3.05) is 0 Å². The molecular weight excluding hydrogens is 260 g/mol. The Morgan fingerprint density at radius 3 is 3.10 bits per heavy atom. The van der Waals surface area contributed by atoms with Crippen LogP contribution in [-0.4, -0.2) is 20.6 Å². The quantitative estimate of drug-likeness (QED) is 0.615. The van der Waals surface area contributed by atoms with Gasteiger partial charge in [0.25, 0.3) is 0 Å². The van der Waals surface area contributed by atoms with Crippen LogP contribution in [0.1, 0.15) is 12.5 Å². The molecule has 7 heteroatoms. The number of imidazole rings is 1. The van der Waals surface area contributed by atoms with Crippen molar-refractivity contribution in [3.8, 4) is 23.3 Å². The maximum Gasteiger partial charge on any atom is 0.415 e. The predicted molar refractivity (Wildman–Crippen MR) is 69.1 cm³/mol. The fraction of sp³-hybridized carbons (Fsp3) is 0.231. The Bertz CT molecular complexity index is 745. The van der Waals surface area contributed by atoms with Crippen LogP contribution in [0.25, 0.3) is 11.3 Å². The molecule has 0 fully saturated rings. The van der Waals surface area contributed by atoms with Gasteiger partial charge in [-0.15, -0.1) is 0 Å². The summed E-state index contributed by atoms with van der Waals surface area (Å²) < 4.78 is 7.12. The van der Waals surface area contributed by atoms with Crippen molar-refractivity contribution in [2.24, 2.45) is 0 Å². The lowest BCUT2D eigenvalue weighted by Crippen LogP contribution is -2.09. The normalized spacial score (nSPS) is 16.3. The van der Waals surface area contributed by atoms with Crippen LogP contribution in [0, 0.1) is 21.4 Å². The Balaban J connectivity index is 2.22. The Labute approximate surface area is 114 Å². The summed E-state index contributed by atoms with van der Waals surface area (Å²) in [7, 11) is 0. The van der Waals surface area contributed by atoms with E-state index in [9.17, 15) is 10.1 Å². The lowest BCUT2D eigenvalue weighted by atomic mass is 10.1. The predicted octanol–water partition coefficient (Wildman–Crippen LogP) is 2.11. The van der Waals surface area contributed by atoms with Gasteiger partial charge >= 0.3 is 11.8 Å². The standard InChI is InChI=1S/C13H10N4O3/c1-8-7-16-11(10-4-2-3-9(5-10)6-14)12(17(18)19)15-13(16)20-8/h2-5,8H,7H2,1H3. The summed E-state index contributed by atoms with van der Waals surface area (Å²) in [5.74, 6) is -0.248. The van der Waals surface area contributed by atoms with E-state index >= 15 is 0 Å². The first-order chi connectivity index (χ1) is 9.60. The average molecular weight is 270 g/mol. The van der Waals surface area contributed by atoms with E-state index in [0.29, 0.717) is 23.4 Å². The lowest BCUT2D eigenvalue weighted by molar-refractivity contribution is -0.388. The third-order valence-electron chi connectivity index (χ3n) is 3.10. The molecule has 7 nitrogen and oxygen atoms in total. The fourth-order valence-corrected chi connectivity index (χ4v) is 2.30. The largest absolute Gasteiger partial charge is 0.441 e. The Morgan fingerprint density at radius 2 is 2.40 bits per heavy atom. The smallest absolute Gasteiger partial charge is 0.415 e. The highest BCUT2D eigenvalue weighted by Gasteiger charge is 2.35. The molecule has 0 saturated heterocycles. The Morgan fingerprint density at radius 1 is 1.60 bits per heavy atom. The van der Waals surface area contributed by atoms with Gasteiger partial charge in [-0.25, -0.2) is 0 Å². The van der Waals surface area contributed by atoms with Crippen LogP contribution in [0.3, 0.4) is 0 Å². The van der Waals surface area contributed by atoms with Crippen molar-refractivity contribution < 1.29 is 9.66 Å².